The van der Waals surface area contributed by atoms with Gasteiger partial charge in [0.1, 0.15) is 5.75 Å². The van der Waals surface area contributed by atoms with Crippen LogP contribution < -0.4 is 4.74 Å². The van der Waals surface area contributed by atoms with Crippen molar-refractivity contribution in [3.8, 4) is 5.75 Å². The van der Waals surface area contributed by atoms with E-state index in [2.05, 4.69) is 4.57 Å². The molecule has 1 aromatic heterocycles. The summed E-state index contributed by atoms with van der Waals surface area (Å²) >= 11 is 0. The van der Waals surface area contributed by atoms with Crippen LogP contribution in [0, 0.1) is 6.92 Å². The van der Waals surface area contributed by atoms with Crippen LogP contribution in [0.5, 0.6) is 5.75 Å². The number of carboxylic acid groups (broad SMARTS) is 1. The molecule has 0 saturated heterocycles. The first-order valence-corrected chi connectivity index (χ1v) is 6.57. The molecule has 1 aromatic carbocycles. The van der Waals surface area contributed by atoms with Gasteiger partial charge in [-0.15, -0.1) is 0 Å². The minimum absolute atomic E-state index is 0.107. The Bertz CT molecular complexity index is 681. The Morgan fingerprint density at radius 2 is 2.10 bits per heavy atom. The van der Waals surface area contributed by atoms with Crippen molar-refractivity contribution in [2.75, 3.05) is 0 Å². The number of aromatic nitrogens is 1. The highest BCUT2D eigenvalue weighted by atomic mass is 16.5. The van der Waals surface area contributed by atoms with Crippen LogP contribution in [0.25, 0.3) is 17.0 Å². The molecule has 0 atom stereocenters. The van der Waals surface area contributed by atoms with Gasteiger partial charge in [-0.25, -0.2) is 4.79 Å². The van der Waals surface area contributed by atoms with Crippen LogP contribution in [0.1, 0.15) is 25.1 Å². The van der Waals surface area contributed by atoms with Gasteiger partial charge in [0, 0.05) is 35.3 Å². The van der Waals surface area contributed by atoms with Gasteiger partial charge >= 0.3 is 5.97 Å². The lowest BCUT2D eigenvalue weighted by Gasteiger charge is -2.09. The Labute approximate surface area is 118 Å². The van der Waals surface area contributed by atoms with Gasteiger partial charge < -0.3 is 14.4 Å². The second kappa shape index (κ2) is 5.41. The third-order valence-electron chi connectivity index (χ3n) is 3.28. The summed E-state index contributed by atoms with van der Waals surface area (Å²) in [6.45, 7) is 5.93. The molecule has 0 amide bonds. The van der Waals surface area contributed by atoms with Crippen LogP contribution >= 0.6 is 0 Å². The van der Waals surface area contributed by atoms with Gasteiger partial charge in [0.15, 0.2) is 0 Å². The third-order valence-corrected chi connectivity index (χ3v) is 3.28. The van der Waals surface area contributed by atoms with E-state index < -0.39 is 5.97 Å². The van der Waals surface area contributed by atoms with Crippen LogP contribution in [0.4, 0.5) is 0 Å². The monoisotopic (exact) mass is 273 g/mol. The maximum atomic E-state index is 10.7. The van der Waals surface area contributed by atoms with Crippen molar-refractivity contribution in [2.24, 2.45) is 7.05 Å². The Morgan fingerprint density at radius 1 is 1.40 bits per heavy atom. The Morgan fingerprint density at radius 3 is 2.70 bits per heavy atom. The summed E-state index contributed by atoms with van der Waals surface area (Å²) in [5.41, 5.74) is 3.00. The van der Waals surface area contributed by atoms with Crippen molar-refractivity contribution in [3.05, 3.63) is 35.5 Å². The van der Waals surface area contributed by atoms with Gasteiger partial charge in [0.2, 0.25) is 0 Å². The zero-order valence-electron chi connectivity index (χ0n) is 12.2. The van der Waals surface area contributed by atoms with E-state index in [1.54, 1.807) is 6.08 Å². The van der Waals surface area contributed by atoms with Gasteiger partial charge in [0.25, 0.3) is 0 Å². The molecule has 0 aliphatic carbocycles. The number of fused-ring (bicyclic) bond motifs is 1. The molecule has 4 nitrogen and oxygen atoms in total. The van der Waals surface area contributed by atoms with E-state index in [4.69, 9.17) is 9.84 Å². The van der Waals surface area contributed by atoms with Crippen LogP contribution in [-0.2, 0) is 11.8 Å². The molecule has 0 spiro atoms. The summed E-state index contributed by atoms with van der Waals surface area (Å²) in [6.07, 6.45) is 2.91. The van der Waals surface area contributed by atoms with Crippen molar-refractivity contribution in [3.63, 3.8) is 0 Å². The van der Waals surface area contributed by atoms with Crippen LogP contribution in [0.15, 0.2) is 24.3 Å². The van der Waals surface area contributed by atoms with Gasteiger partial charge in [-0.05, 0) is 45.0 Å². The number of carbonyl (C=O) groups is 1. The van der Waals surface area contributed by atoms with E-state index in [-0.39, 0.29) is 6.10 Å². The standard InChI is InChI=1S/C16H19NO3/c1-10(2)20-12-5-7-15-14(9-12)13(6-8-16(18)19)11(3)17(15)4/h5-10H,1-4H3,(H,18,19)/b8-6+. The van der Waals surface area contributed by atoms with Gasteiger partial charge in [0.05, 0.1) is 6.10 Å². The van der Waals surface area contributed by atoms with E-state index in [0.717, 1.165) is 34.0 Å². The summed E-state index contributed by atoms with van der Waals surface area (Å²) < 4.78 is 7.75. The van der Waals surface area contributed by atoms with E-state index in [1.807, 2.05) is 46.0 Å². The molecular formula is C16H19NO3. The van der Waals surface area contributed by atoms with Crippen LogP contribution in [-0.4, -0.2) is 21.7 Å². The lowest BCUT2D eigenvalue weighted by molar-refractivity contribution is -0.131. The highest BCUT2D eigenvalue weighted by Gasteiger charge is 2.11. The molecule has 0 saturated carbocycles. The van der Waals surface area contributed by atoms with Crippen molar-refractivity contribution in [1.29, 1.82) is 0 Å². The number of hydrogen-bond donors (Lipinski definition) is 1. The molecule has 0 aliphatic heterocycles. The highest BCUT2D eigenvalue weighted by Crippen LogP contribution is 2.29. The Balaban J connectivity index is 2.59. The lowest BCUT2D eigenvalue weighted by atomic mass is 10.1. The molecule has 0 aliphatic rings. The summed E-state index contributed by atoms with van der Waals surface area (Å²) in [6, 6.07) is 5.90. The van der Waals surface area contributed by atoms with E-state index in [9.17, 15) is 4.79 Å². The molecule has 2 aromatic rings. The Kier molecular flexibility index (Phi) is 3.84. The normalized spacial score (nSPS) is 11.7. The molecular weight excluding hydrogens is 254 g/mol. The molecule has 1 heterocycles. The molecule has 2 rings (SSSR count). The van der Waals surface area contributed by atoms with Crippen molar-refractivity contribution >= 4 is 22.9 Å². The van der Waals surface area contributed by atoms with E-state index in [1.165, 1.54) is 0 Å². The molecule has 106 valence electrons. The number of hydrogen-bond acceptors (Lipinski definition) is 2. The maximum Gasteiger partial charge on any atom is 0.328 e. The molecule has 0 radical (unpaired) electrons. The number of carboxylic acids is 1. The molecule has 0 bridgehead atoms. The summed E-state index contributed by atoms with van der Waals surface area (Å²) in [4.78, 5) is 10.7. The zero-order chi connectivity index (χ0) is 14.9. The number of aliphatic carboxylic acids is 1. The number of ether oxygens (including phenoxy) is 1. The van der Waals surface area contributed by atoms with Crippen molar-refractivity contribution in [2.45, 2.75) is 26.9 Å². The number of nitrogens with zero attached hydrogens (tertiary/aromatic N) is 1. The van der Waals surface area contributed by atoms with Crippen LogP contribution in [0.2, 0.25) is 0 Å². The van der Waals surface area contributed by atoms with Gasteiger partial charge in [-0.2, -0.15) is 0 Å². The molecule has 1 N–H and O–H groups in total. The predicted molar refractivity (Wildman–Crippen MR) is 80.1 cm³/mol. The maximum absolute atomic E-state index is 10.7. The fourth-order valence-electron chi connectivity index (χ4n) is 2.29. The fraction of sp³-hybridized carbons (Fsp3) is 0.312. The highest BCUT2D eigenvalue weighted by molar-refractivity contribution is 5.95. The molecule has 4 heteroatoms. The first kappa shape index (κ1) is 14.2. The average molecular weight is 273 g/mol. The molecule has 0 unspecified atom stereocenters. The van der Waals surface area contributed by atoms with Gasteiger partial charge in [-0.1, -0.05) is 0 Å². The number of benzene rings is 1. The minimum Gasteiger partial charge on any atom is -0.491 e. The van der Waals surface area contributed by atoms with Crippen molar-refractivity contribution in [1.82, 2.24) is 4.57 Å². The van der Waals surface area contributed by atoms with Crippen molar-refractivity contribution < 1.29 is 14.6 Å². The number of aryl methyl sites for hydroxylation is 1. The van der Waals surface area contributed by atoms with E-state index in [0.29, 0.717) is 0 Å². The fourth-order valence-corrected chi connectivity index (χ4v) is 2.29. The predicted octanol–water partition coefficient (Wildman–Crippen LogP) is 3.37. The largest absolute Gasteiger partial charge is 0.491 e. The zero-order valence-corrected chi connectivity index (χ0v) is 12.2. The SMILES string of the molecule is Cc1c(/C=C/C(=O)O)c2cc(OC(C)C)ccc2n1C. The number of rotatable bonds is 4. The smallest absolute Gasteiger partial charge is 0.328 e. The summed E-state index contributed by atoms with van der Waals surface area (Å²) in [7, 11) is 1.97. The molecule has 20 heavy (non-hydrogen) atoms. The van der Waals surface area contributed by atoms with E-state index >= 15 is 0 Å². The summed E-state index contributed by atoms with van der Waals surface area (Å²) in [5, 5.41) is 9.80. The topological polar surface area (TPSA) is 51.5 Å². The second-order valence-corrected chi connectivity index (χ2v) is 5.08. The first-order chi connectivity index (χ1) is 9.40. The summed E-state index contributed by atoms with van der Waals surface area (Å²) in [5.74, 6) is -0.154. The Hall–Kier alpha value is -2.23. The lowest BCUT2D eigenvalue weighted by Crippen LogP contribution is -2.05. The third kappa shape index (κ3) is 2.69. The van der Waals surface area contributed by atoms with Gasteiger partial charge in [-0.3, -0.25) is 0 Å². The second-order valence-electron chi connectivity index (χ2n) is 5.08. The van der Waals surface area contributed by atoms with Crippen LogP contribution in [0.3, 0.4) is 0 Å². The average Bonchev–Trinajstić information content (AvgIpc) is 2.59. The quantitative estimate of drug-likeness (QED) is 0.869. The minimum atomic E-state index is -0.948. The first-order valence-electron chi connectivity index (χ1n) is 6.57. The molecule has 0 fully saturated rings.